The van der Waals surface area contributed by atoms with Gasteiger partial charge in [-0.25, -0.2) is 0 Å². The topological polar surface area (TPSA) is 80.1 Å². The molecule has 6 nitrogen and oxygen atoms in total. The Morgan fingerprint density at radius 1 is 1.43 bits per heavy atom. The van der Waals surface area contributed by atoms with Crippen LogP contribution >= 0.6 is 11.6 Å². The summed E-state index contributed by atoms with van der Waals surface area (Å²) in [5, 5.41) is 3.68. The van der Waals surface area contributed by atoms with Crippen molar-refractivity contribution in [1.29, 1.82) is 0 Å². The van der Waals surface area contributed by atoms with Crippen molar-refractivity contribution >= 4 is 31.0 Å². The number of benzene rings is 1. The second-order valence-electron chi connectivity index (χ2n) is 10.2. The normalized spacial score (nSPS) is 25.2. The largest absolute Gasteiger partial charge is 0.496 e. The number of anilines is 1. The molecule has 30 heavy (non-hydrogen) atoms. The van der Waals surface area contributed by atoms with E-state index >= 15 is 0 Å². The monoisotopic (exact) mass is 435 g/mol. The third-order valence-corrected chi connectivity index (χ3v) is 6.49. The van der Waals surface area contributed by atoms with Crippen LogP contribution in [0.3, 0.4) is 0 Å². The number of nitrogens with one attached hydrogen (secondary N) is 1. The van der Waals surface area contributed by atoms with Crippen LogP contribution in [0.5, 0.6) is 5.75 Å². The average Bonchev–Trinajstić information content (AvgIpc) is 3.28. The van der Waals surface area contributed by atoms with E-state index in [1.54, 1.807) is 12.1 Å². The highest BCUT2D eigenvalue weighted by Gasteiger charge is 2.54. The van der Waals surface area contributed by atoms with Gasteiger partial charge in [0, 0.05) is 19.2 Å². The molecule has 3 N–H and O–H groups in total. The number of amides is 1. The number of piperidine rings is 1. The van der Waals surface area contributed by atoms with Crippen LogP contribution in [0.2, 0.25) is 10.3 Å². The quantitative estimate of drug-likeness (QED) is 0.373. The summed E-state index contributed by atoms with van der Waals surface area (Å²) < 4.78 is 11.3. The lowest BCUT2D eigenvalue weighted by atomic mass is 9.67. The molecule has 0 spiro atoms. The van der Waals surface area contributed by atoms with E-state index < -0.39 is 0 Å². The van der Waals surface area contributed by atoms with Gasteiger partial charge in [0.15, 0.2) is 0 Å². The zero-order valence-electron chi connectivity index (χ0n) is 18.9. The van der Waals surface area contributed by atoms with Crippen molar-refractivity contribution < 1.29 is 14.3 Å². The first-order valence-electron chi connectivity index (χ1n) is 10.8. The number of methoxy groups -OCH3 is 1. The van der Waals surface area contributed by atoms with E-state index in [9.17, 15) is 4.79 Å². The fraction of sp³-hybridized carbons (Fsp3) is 0.682. The molecule has 0 aliphatic carbocycles. The zero-order valence-corrected chi connectivity index (χ0v) is 19.6. The summed E-state index contributed by atoms with van der Waals surface area (Å²) in [6, 6.07) is 3.15. The van der Waals surface area contributed by atoms with Gasteiger partial charge < -0.3 is 25.4 Å². The SMILES string of the molecule is BC(C)(C)CC1(C)OC1CN1CCC(CNC(=O)c2cc(Cl)c(N)cc2OC)CC1. The zero-order chi connectivity index (χ0) is 22.1. The van der Waals surface area contributed by atoms with Crippen LogP contribution in [-0.2, 0) is 4.74 Å². The van der Waals surface area contributed by atoms with Crippen LogP contribution in [0, 0.1) is 5.92 Å². The molecule has 1 amide bonds. The molecule has 0 saturated carbocycles. The number of nitrogens with zero attached hydrogens (tertiary/aromatic N) is 1. The van der Waals surface area contributed by atoms with Crippen LogP contribution in [0.25, 0.3) is 0 Å². The van der Waals surface area contributed by atoms with Gasteiger partial charge in [0.1, 0.15) is 13.6 Å². The van der Waals surface area contributed by atoms with Gasteiger partial charge in [-0.1, -0.05) is 30.8 Å². The molecule has 1 aromatic rings. The van der Waals surface area contributed by atoms with Crippen molar-refractivity contribution in [1.82, 2.24) is 10.2 Å². The molecule has 2 unspecified atom stereocenters. The molecular weight excluding hydrogens is 401 g/mol. The molecule has 0 radical (unpaired) electrons. The van der Waals surface area contributed by atoms with Crippen LogP contribution < -0.4 is 15.8 Å². The molecule has 2 atom stereocenters. The van der Waals surface area contributed by atoms with Crippen LogP contribution in [-0.4, -0.2) is 63.6 Å². The highest BCUT2D eigenvalue weighted by molar-refractivity contribution is 6.33. The molecule has 1 aromatic carbocycles. The number of hydrogen-bond acceptors (Lipinski definition) is 5. The summed E-state index contributed by atoms with van der Waals surface area (Å²) in [4.78, 5) is 15.1. The molecule has 2 saturated heterocycles. The first kappa shape index (κ1) is 23.2. The summed E-state index contributed by atoms with van der Waals surface area (Å²) in [6.45, 7) is 10.5. The van der Waals surface area contributed by atoms with E-state index in [1.165, 1.54) is 7.11 Å². The molecule has 2 aliphatic rings. The van der Waals surface area contributed by atoms with E-state index in [1.807, 2.05) is 0 Å². The standard InChI is InChI=1S/C22H35BClN3O3/c1-21(2,23)13-22(3)19(30-22)12-27-7-5-14(6-8-27)11-26-20(28)15-9-16(24)17(25)10-18(15)29-4/h9-10,14,19H,5-8,11-13,23,25H2,1-4H3,(H,26,28). The fourth-order valence-electron chi connectivity index (χ4n) is 4.59. The third kappa shape index (κ3) is 5.83. The number of hydrogen-bond donors (Lipinski definition) is 2. The lowest BCUT2D eigenvalue weighted by molar-refractivity contribution is 0.0932. The average molecular weight is 436 g/mol. The van der Waals surface area contributed by atoms with Crippen molar-refractivity contribution in [2.24, 2.45) is 5.92 Å². The molecule has 0 aromatic heterocycles. The summed E-state index contributed by atoms with van der Waals surface area (Å²) >= 11 is 6.08. The predicted molar refractivity (Wildman–Crippen MR) is 124 cm³/mol. The summed E-state index contributed by atoms with van der Waals surface area (Å²) in [6.07, 6.45) is 3.58. The Kier molecular flexibility index (Phi) is 6.95. The highest BCUT2D eigenvalue weighted by Crippen LogP contribution is 2.47. The maximum absolute atomic E-state index is 12.6. The number of nitrogen functional groups attached to an aromatic ring is 1. The van der Waals surface area contributed by atoms with Gasteiger partial charge in [-0.2, -0.15) is 0 Å². The first-order chi connectivity index (χ1) is 14.0. The van der Waals surface area contributed by atoms with Gasteiger partial charge >= 0.3 is 0 Å². The van der Waals surface area contributed by atoms with Crippen molar-refractivity contribution in [2.75, 3.05) is 39.0 Å². The summed E-state index contributed by atoms with van der Waals surface area (Å²) in [5.74, 6) is 0.731. The minimum absolute atomic E-state index is 0.0302. The Morgan fingerprint density at radius 2 is 2.10 bits per heavy atom. The maximum Gasteiger partial charge on any atom is 0.255 e. The second-order valence-corrected chi connectivity index (χ2v) is 10.6. The van der Waals surface area contributed by atoms with Crippen molar-refractivity contribution in [3.05, 3.63) is 22.7 Å². The van der Waals surface area contributed by atoms with Gasteiger partial charge in [0.25, 0.3) is 5.91 Å². The molecule has 166 valence electrons. The Labute approximate surface area is 186 Å². The third-order valence-electron chi connectivity index (χ3n) is 6.16. The van der Waals surface area contributed by atoms with Gasteiger partial charge in [0.2, 0.25) is 0 Å². The minimum atomic E-state index is -0.180. The second kappa shape index (κ2) is 8.97. The molecule has 2 aliphatic heterocycles. The van der Waals surface area contributed by atoms with Crippen LogP contribution in [0.1, 0.15) is 50.4 Å². The maximum atomic E-state index is 12.6. The Balaban J connectivity index is 1.43. The number of ether oxygens (including phenoxy) is 2. The predicted octanol–water partition coefficient (Wildman–Crippen LogP) is 2.75. The van der Waals surface area contributed by atoms with Crippen molar-refractivity contribution in [3.63, 3.8) is 0 Å². The number of epoxide rings is 1. The van der Waals surface area contributed by atoms with E-state index in [0.29, 0.717) is 40.6 Å². The Bertz CT molecular complexity index is 778. The number of nitrogens with two attached hydrogens (primary N) is 1. The molecule has 0 bridgehead atoms. The van der Waals surface area contributed by atoms with E-state index in [-0.39, 0.29) is 16.8 Å². The van der Waals surface area contributed by atoms with E-state index in [2.05, 4.69) is 38.8 Å². The van der Waals surface area contributed by atoms with Gasteiger partial charge in [-0.3, -0.25) is 4.79 Å². The number of carbonyl (C=O) groups is 1. The number of carbonyl (C=O) groups excluding carboxylic acids is 1. The lowest BCUT2D eigenvalue weighted by Crippen LogP contribution is -2.41. The molecular formula is C22H35BClN3O3. The van der Waals surface area contributed by atoms with Gasteiger partial charge in [-0.15, -0.1) is 0 Å². The summed E-state index contributed by atoms with van der Waals surface area (Å²) in [7, 11) is 3.79. The first-order valence-corrected chi connectivity index (χ1v) is 11.2. The number of halogens is 1. The van der Waals surface area contributed by atoms with Crippen molar-refractivity contribution in [2.45, 2.75) is 57.1 Å². The minimum Gasteiger partial charge on any atom is -0.496 e. The smallest absolute Gasteiger partial charge is 0.255 e. The summed E-state index contributed by atoms with van der Waals surface area (Å²) in [5.41, 5.74) is 6.64. The van der Waals surface area contributed by atoms with E-state index in [0.717, 1.165) is 38.9 Å². The highest BCUT2D eigenvalue weighted by atomic mass is 35.5. The van der Waals surface area contributed by atoms with Crippen LogP contribution in [0.4, 0.5) is 5.69 Å². The van der Waals surface area contributed by atoms with Gasteiger partial charge in [-0.05, 0) is 51.3 Å². The fourth-order valence-corrected chi connectivity index (χ4v) is 4.75. The Hall–Kier alpha value is -1.44. The number of rotatable bonds is 8. The molecule has 2 fully saturated rings. The van der Waals surface area contributed by atoms with Crippen molar-refractivity contribution in [3.8, 4) is 5.75 Å². The number of likely N-dealkylation sites (tertiary alicyclic amines) is 1. The lowest BCUT2D eigenvalue weighted by Gasteiger charge is -2.32. The van der Waals surface area contributed by atoms with Crippen LogP contribution in [0.15, 0.2) is 12.1 Å². The van der Waals surface area contributed by atoms with Gasteiger partial charge in [0.05, 0.1) is 35.1 Å². The van der Waals surface area contributed by atoms with E-state index in [4.69, 9.17) is 26.8 Å². The molecule has 3 rings (SSSR count). The molecule has 8 heteroatoms. The Morgan fingerprint density at radius 3 is 2.70 bits per heavy atom. The molecule has 2 heterocycles.